The summed E-state index contributed by atoms with van der Waals surface area (Å²) < 4.78 is 16.7. The molecule has 0 radical (unpaired) electrons. The molecule has 0 fully saturated rings. The Bertz CT molecular complexity index is 533. The molecule has 1 aromatic carbocycles. The van der Waals surface area contributed by atoms with E-state index in [-0.39, 0.29) is 6.04 Å². The van der Waals surface area contributed by atoms with E-state index >= 15 is 0 Å². The van der Waals surface area contributed by atoms with Crippen molar-refractivity contribution in [2.45, 2.75) is 26.8 Å². The maximum Gasteiger partial charge on any atom is 0.120 e. The molecule has 114 valence electrons. The lowest BCUT2D eigenvalue weighted by Gasteiger charge is -2.12. The van der Waals surface area contributed by atoms with Crippen molar-refractivity contribution in [1.82, 2.24) is 5.32 Å². The lowest BCUT2D eigenvalue weighted by atomic mass is 10.2. The zero-order chi connectivity index (χ0) is 15.1. The smallest absolute Gasteiger partial charge is 0.120 e. The number of hydrogen-bond acceptors (Lipinski definition) is 4. The average Bonchev–Trinajstić information content (AvgIpc) is 2.92. The minimum Gasteiger partial charge on any atom is -0.494 e. The minimum atomic E-state index is 0.183. The molecule has 0 aliphatic rings. The Morgan fingerprint density at radius 3 is 2.29 bits per heavy atom. The van der Waals surface area contributed by atoms with Crippen molar-refractivity contribution in [3.05, 3.63) is 47.9 Å². The van der Waals surface area contributed by atoms with Gasteiger partial charge in [0.1, 0.15) is 29.6 Å². The van der Waals surface area contributed by atoms with Crippen LogP contribution in [0.1, 0.15) is 31.4 Å². The molecule has 1 aromatic heterocycles. The maximum atomic E-state index is 5.68. The highest BCUT2D eigenvalue weighted by molar-refractivity contribution is 5.31. The molecular formula is C17H23NO3. The van der Waals surface area contributed by atoms with Gasteiger partial charge in [0.2, 0.25) is 0 Å². The van der Waals surface area contributed by atoms with Gasteiger partial charge in [0.25, 0.3) is 0 Å². The summed E-state index contributed by atoms with van der Waals surface area (Å²) in [6, 6.07) is 11.8. The summed E-state index contributed by atoms with van der Waals surface area (Å²) in [4.78, 5) is 0. The predicted molar refractivity (Wildman–Crippen MR) is 83.0 cm³/mol. The van der Waals surface area contributed by atoms with Crippen molar-refractivity contribution < 1.29 is 13.9 Å². The molecule has 1 heterocycles. The van der Waals surface area contributed by atoms with Gasteiger partial charge in [-0.15, -0.1) is 0 Å². The van der Waals surface area contributed by atoms with E-state index in [0.29, 0.717) is 13.2 Å². The van der Waals surface area contributed by atoms with E-state index in [4.69, 9.17) is 13.9 Å². The first-order chi connectivity index (χ1) is 10.2. The fourth-order valence-corrected chi connectivity index (χ4v) is 2.03. The summed E-state index contributed by atoms with van der Waals surface area (Å²) in [5.74, 6) is 3.60. The highest BCUT2D eigenvalue weighted by Crippen LogP contribution is 2.18. The molecule has 21 heavy (non-hydrogen) atoms. The summed E-state index contributed by atoms with van der Waals surface area (Å²) in [7, 11) is 0. The van der Waals surface area contributed by atoms with Gasteiger partial charge in [-0.25, -0.2) is 0 Å². The highest BCUT2D eigenvalue weighted by atomic mass is 16.5. The lowest BCUT2D eigenvalue weighted by Crippen LogP contribution is -2.24. The zero-order valence-corrected chi connectivity index (χ0v) is 12.9. The first-order valence-electron chi connectivity index (χ1n) is 7.34. The van der Waals surface area contributed by atoms with E-state index in [1.54, 1.807) is 0 Å². The second-order valence-electron chi connectivity index (χ2n) is 4.88. The second kappa shape index (κ2) is 7.74. The number of furan rings is 1. The summed E-state index contributed by atoms with van der Waals surface area (Å²) in [5, 5.41) is 3.37. The molecule has 2 rings (SSSR count). The topological polar surface area (TPSA) is 43.6 Å². The van der Waals surface area contributed by atoms with Crippen molar-refractivity contribution in [2.75, 3.05) is 19.8 Å². The van der Waals surface area contributed by atoms with Crippen LogP contribution >= 0.6 is 0 Å². The molecule has 1 N–H and O–H groups in total. The van der Waals surface area contributed by atoms with Crippen LogP contribution in [0.25, 0.3) is 0 Å². The summed E-state index contributed by atoms with van der Waals surface area (Å²) in [6.07, 6.45) is 0. The molecule has 0 aliphatic carbocycles. The van der Waals surface area contributed by atoms with Crippen LogP contribution < -0.4 is 14.8 Å². The Balaban J connectivity index is 1.69. The van der Waals surface area contributed by atoms with E-state index < -0.39 is 0 Å². The lowest BCUT2D eigenvalue weighted by molar-refractivity contribution is 0.299. The SMILES string of the molecule is CCOc1ccc(OCCNC(C)c2ccc(C)o2)cc1. The van der Waals surface area contributed by atoms with E-state index in [0.717, 1.165) is 29.6 Å². The van der Waals surface area contributed by atoms with Crippen LogP contribution in [0.2, 0.25) is 0 Å². The molecule has 1 atom stereocenters. The standard InChI is InChI=1S/C17H23NO3/c1-4-19-15-6-8-16(9-7-15)20-12-11-18-14(3)17-10-5-13(2)21-17/h5-10,14,18H,4,11-12H2,1-3H3. The molecule has 0 bridgehead atoms. The molecule has 0 saturated carbocycles. The number of ether oxygens (including phenoxy) is 2. The van der Waals surface area contributed by atoms with Crippen molar-refractivity contribution in [1.29, 1.82) is 0 Å². The third-order valence-corrected chi connectivity index (χ3v) is 3.14. The fraction of sp³-hybridized carbons (Fsp3) is 0.412. The third kappa shape index (κ3) is 4.83. The average molecular weight is 289 g/mol. The van der Waals surface area contributed by atoms with E-state index in [1.165, 1.54) is 0 Å². The Hall–Kier alpha value is -1.94. The molecular weight excluding hydrogens is 266 g/mol. The summed E-state index contributed by atoms with van der Waals surface area (Å²) in [5.41, 5.74) is 0. The fourth-order valence-electron chi connectivity index (χ4n) is 2.03. The van der Waals surface area contributed by atoms with Gasteiger partial charge >= 0.3 is 0 Å². The third-order valence-electron chi connectivity index (χ3n) is 3.14. The van der Waals surface area contributed by atoms with Gasteiger partial charge in [-0.05, 0) is 57.2 Å². The Kier molecular flexibility index (Phi) is 5.69. The van der Waals surface area contributed by atoms with Gasteiger partial charge in [-0.3, -0.25) is 0 Å². The van der Waals surface area contributed by atoms with Crippen LogP contribution in [-0.2, 0) is 0 Å². The largest absolute Gasteiger partial charge is 0.494 e. The number of benzene rings is 1. The van der Waals surface area contributed by atoms with Crippen LogP contribution in [0.5, 0.6) is 11.5 Å². The van der Waals surface area contributed by atoms with Crippen LogP contribution in [0, 0.1) is 6.92 Å². The van der Waals surface area contributed by atoms with E-state index in [9.17, 15) is 0 Å². The molecule has 4 nitrogen and oxygen atoms in total. The predicted octanol–water partition coefficient (Wildman–Crippen LogP) is 3.72. The van der Waals surface area contributed by atoms with Crippen molar-refractivity contribution in [3.8, 4) is 11.5 Å². The molecule has 2 aromatic rings. The maximum absolute atomic E-state index is 5.68. The Labute approximate surface area is 126 Å². The van der Waals surface area contributed by atoms with Crippen LogP contribution in [-0.4, -0.2) is 19.8 Å². The van der Waals surface area contributed by atoms with Gasteiger partial charge in [0, 0.05) is 6.54 Å². The molecule has 0 saturated heterocycles. The summed E-state index contributed by atoms with van der Waals surface area (Å²) in [6.45, 7) is 8.04. The molecule has 0 amide bonds. The number of nitrogens with one attached hydrogen (secondary N) is 1. The first kappa shape index (κ1) is 15.4. The van der Waals surface area contributed by atoms with Crippen LogP contribution in [0.15, 0.2) is 40.8 Å². The van der Waals surface area contributed by atoms with Crippen molar-refractivity contribution in [2.24, 2.45) is 0 Å². The van der Waals surface area contributed by atoms with Crippen molar-refractivity contribution >= 4 is 0 Å². The van der Waals surface area contributed by atoms with E-state index in [1.807, 2.05) is 50.2 Å². The van der Waals surface area contributed by atoms with Gasteiger partial charge in [-0.2, -0.15) is 0 Å². The first-order valence-corrected chi connectivity index (χ1v) is 7.34. The van der Waals surface area contributed by atoms with Crippen LogP contribution in [0.4, 0.5) is 0 Å². The quantitative estimate of drug-likeness (QED) is 0.752. The number of aryl methyl sites for hydroxylation is 1. The zero-order valence-electron chi connectivity index (χ0n) is 12.9. The number of hydrogen-bond donors (Lipinski definition) is 1. The highest BCUT2D eigenvalue weighted by Gasteiger charge is 2.08. The minimum absolute atomic E-state index is 0.183. The van der Waals surface area contributed by atoms with Gasteiger partial charge < -0.3 is 19.2 Å². The van der Waals surface area contributed by atoms with Gasteiger partial charge in [-0.1, -0.05) is 0 Å². The van der Waals surface area contributed by atoms with Crippen LogP contribution in [0.3, 0.4) is 0 Å². The normalized spacial score (nSPS) is 12.1. The van der Waals surface area contributed by atoms with Gasteiger partial charge in [0.05, 0.1) is 12.6 Å². The van der Waals surface area contributed by atoms with Gasteiger partial charge in [0.15, 0.2) is 0 Å². The molecule has 4 heteroatoms. The van der Waals surface area contributed by atoms with E-state index in [2.05, 4.69) is 12.2 Å². The molecule has 1 unspecified atom stereocenters. The Morgan fingerprint density at radius 1 is 1.05 bits per heavy atom. The number of rotatable bonds is 8. The molecule has 0 spiro atoms. The second-order valence-corrected chi connectivity index (χ2v) is 4.88. The molecule has 0 aliphatic heterocycles. The monoisotopic (exact) mass is 289 g/mol. The summed E-state index contributed by atoms with van der Waals surface area (Å²) >= 11 is 0. The van der Waals surface area contributed by atoms with Crippen molar-refractivity contribution in [3.63, 3.8) is 0 Å². The Morgan fingerprint density at radius 2 is 1.71 bits per heavy atom.